The second kappa shape index (κ2) is 9.13. The number of fused-ring (bicyclic) bond motifs is 1. The molecule has 5 rings (SSSR count). The minimum absolute atomic E-state index is 0.0964. The number of rotatable bonds is 5. The molecule has 3 aromatic rings. The minimum atomic E-state index is -0.854. The Morgan fingerprint density at radius 3 is 2.49 bits per heavy atom. The van der Waals surface area contributed by atoms with Gasteiger partial charge in [0.15, 0.2) is 0 Å². The van der Waals surface area contributed by atoms with Crippen LogP contribution in [0.3, 0.4) is 0 Å². The average Bonchev–Trinajstić information content (AvgIpc) is 3.09. The SMILES string of the molecule is CCOC(=O)c1c(CN2C(=O)NC3(CCC(C)CC3)C2=O)nc2ccccc2c1-c1ccccc1. The number of pyridine rings is 1. The summed E-state index contributed by atoms with van der Waals surface area (Å²) in [5.74, 6) is -0.223. The first-order valence-corrected chi connectivity index (χ1v) is 12.2. The van der Waals surface area contributed by atoms with E-state index in [1.54, 1.807) is 6.92 Å². The van der Waals surface area contributed by atoms with Crippen molar-refractivity contribution in [3.63, 3.8) is 0 Å². The Bertz CT molecular complexity index is 1300. The van der Waals surface area contributed by atoms with Gasteiger partial charge >= 0.3 is 12.0 Å². The molecule has 0 atom stereocenters. The zero-order chi connectivity index (χ0) is 24.6. The van der Waals surface area contributed by atoms with Crippen LogP contribution in [0.2, 0.25) is 0 Å². The van der Waals surface area contributed by atoms with Gasteiger partial charge in [-0.05, 0) is 50.2 Å². The molecule has 1 aliphatic carbocycles. The lowest BCUT2D eigenvalue weighted by atomic mass is 9.77. The van der Waals surface area contributed by atoms with Crippen molar-refractivity contribution in [3.05, 3.63) is 65.9 Å². The Kier molecular flexibility index (Phi) is 6.01. The zero-order valence-electron chi connectivity index (χ0n) is 20.0. The van der Waals surface area contributed by atoms with Crippen LogP contribution in [0.1, 0.15) is 55.6 Å². The molecule has 3 amide bonds. The van der Waals surface area contributed by atoms with Crippen molar-refractivity contribution in [2.45, 2.75) is 51.6 Å². The monoisotopic (exact) mass is 471 g/mol. The van der Waals surface area contributed by atoms with Crippen molar-refractivity contribution in [2.75, 3.05) is 6.61 Å². The quantitative estimate of drug-likeness (QED) is 0.414. The Labute approximate surface area is 204 Å². The van der Waals surface area contributed by atoms with Gasteiger partial charge < -0.3 is 10.1 Å². The van der Waals surface area contributed by atoms with Gasteiger partial charge in [0, 0.05) is 10.9 Å². The summed E-state index contributed by atoms with van der Waals surface area (Å²) >= 11 is 0. The third-order valence-electron chi connectivity index (χ3n) is 7.19. The van der Waals surface area contributed by atoms with Gasteiger partial charge in [0.25, 0.3) is 5.91 Å². The first-order chi connectivity index (χ1) is 16.9. The molecule has 1 aromatic heterocycles. The summed E-state index contributed by atoms with van der Waals surface area (Å²) in [5, 5.41) is 3.77. The number of carbonyl (C=O) groups excluding carboxylic acids is 3. The summed E-state index contributed by atoms with van der Waals surface area (Å²) < 4.78 is 5.44. The largest absolute Gasteiger partial charge is 0.462 e. The lowest BCUT2D eigenvalue weighted by Gasteiger charge is -2.33. The molecule has 2 aromatic carbocycles. The van der Waals surface area contributed by atoms with Crippen LogP contribution < -0.4 is 5.32 Å². The molecule has 0 bridgehead atoms. The van der Waals surface area contributed by atoms with E-state index in [-0.39, 0.29) is 24.6 Å². The smallest absolute Gasteiger partial charge is 0.340 e. The summed E-state index contributed by atoms with van der Waals surface area (Å²) in [4.78, 5) is 45.8. The number of nitrogens with zero attached hydrogens (tertiary/aromatic N) is 2. The molecule has 1 saturated carbocycles. The average molecular weight is 472 g/mol. The number of hydrogen-bond acceptors (Lipinski definition) is 5. The predicted molar refractivity (Wildman–Crippen MR) is 133 cm³/mol. The van der Waals surface area contributed by atoms with Crippen LogP contribution >= 0.6 is 0 Å². The van der Waals surface area contributed by atoms with Crippen molar-refractivity contribution in [2.24, 2.45) is 5.92 Å². The fraction of sp³-hybridized carbons (Fsp3) is 0.357. The minimum Gasteiger partial charge on any atom is -0.462 e. The van der Waals surface area contributed by atoms with E-state index in [4.69, 9.17) is 9.72 Å². The van der Waals surface area contributed by atoms with Gasteiger partial charge in [-0.15, -0.1) is 0 Å². The number of ether oxygens (including phenoxy) is 1. The van der Waals surface area contributed by atoms with Gasteiger partial charge in [-0.2, -0.15) is 0 Å². The van der Waals surface area contributed by atoms with Crippen LogP contribution in [0, 0.1) is 5.92 Å². The number of urea groups is 1. The van der Waals surface area contributed by atoms with E-state index >= 15 is 0 Å². The number of aromatic nitrogens is 1. The number of benzene rings is 2. The van der Waals surface area contributed by atoms with Gasteiger partial charge in [-0.3, -0.25) is 9.69 Å². The summed E-state index contributed by atoms with van der Waals surface area (Å²) in [7, 11) is 0. The maximum atomic E-state index is 13.5. The van der Waals surface area contributed by atoms with E-state index in [2.05, 4.69) is 12.2 Å². The fourth-order valence-electron chi connectivity index (χ4n) is 5.27. The Morgan fingerprint density at radius 1 is 1.09 bits per heavy atom. The van der Waals surface area contributed by atoms with E-state index in [0.717, 1.165) is 23.8 Å². The normalized spacial score (nSPS) is 22.0. The Balaban J connectivity index is 1.64. The van der Waals surface area contributed by atoms with E-state index < -0.39 is 17.5 Å². The van der Waals surface area contributed by atoms with Crippen LogP contribution in [0.25, 0.3) is 22.0 Å². The second-order valence-corrected chi connectivity index (χ2v) is 9.50. The maximum absolute atomic E-state index is 13.5. The van der Waals surface area contributed by atoms with Gasteiger partial charge in [0.05, 0.1) is 29.9 Å². The molecule has 7 nitrogen and oxygen atoms in total. The lowest BCUT2D eigenvalue weighted by Crippen LogP contribution is -2.49. The van der Waals surface area contributed by atoms with Crippen LogP contribution in [-0.4, -0.2) is 39.9 Å². The molecule has 1 aliphatic heterocycles. The molecule has 7 heteroatoms. The zero-order valence-corrected chi connectivity index (χ0v) is 20.0. The van der Waals surface area contributed by atoms with Crippen LogP contribution in [0.15, 0.2) is 54.6 Å². The van der Waals surface area contributed by atoms with Crippen LogP contribution in [0.4, 0.5) is 4.79 Å². The first kappa shape index (κ1) is 23.0. The molecular weight excluding hydrogens is 442 g/mol. The molecule has 180 valence electrons. The van der Waals surface area contributed by atoms with Crippen molar-refractivity contribution in [3.8, 4) is 11.1 Å². The van der Waals surface area contributed by atoms with Gasteiger partial charge in [0.2, 0.25) is 0 Å². The predicted octanol–water partition coefficient (Wildman–Crippen LogP) is 5.08. The first-order valence-electron chi connectivity index (χ1n) is 12.2. The Morgan fingerprint density at radius 2 is 1.77 bits per heavy atom. The molecule has 0 unspecified atom stereocenters. The van der Waals surface area contributed by atoms with Gasteiger partial charge in [-0.1, -0.05) is 55.5 Å². The number of esters is 1. The number of hydrogen-bond donors (Lipinski definition) is 1. The van der Waals surface area contributed by atoms with E-state index in [0.29, 0.717) is 35.5 Å². The Hall–Kier alpha value is -3.74. The highest BCUT2D eigenvalue weighted by molar-refractivity contribution is 6.09. The summed E-state index contributed by atoms with van der Waals surface area (Å²) in [5.41, 5.74) is 2.00. The number of amides is 3. The van der Waals surface area contributed by atoms with Gasteiger partial charge in [0.1, 0.15) is 5.54 Å². The number of nitrogens with one attached hydrogen (secondary N) is 1. The van der Waals surface area contributed by atoms with Crippen molar-refractivity contribution in [1.82, 2.24) is 15.2 Å². The fourth-order valence-corrected chi connectivity index (χ4v) is 5.27. The third kappa shape index (κ3) is 4.05. The highest BCUT2D eigenvalue weighted by Crippen LogP contribution is 2.38. The topological polar surface area (TPSA) is 88.6 Å². The molecule has 1 saturated heterocycles. The van der Waals surface area contributed by atoms with Crippen LogP contribution in [-0.2, 0) is 16.1 Å². The van der Waals surface area contributed by atoms with E-state index in [1.807, 2.05) is 54.6 Å². The molecule has 2 heterocycles. The van der Waals surface area contributed by atoms with E-state index in [1.165, 1.54) is 4.90 Å². The summed E-state index contributed by atoms with van der Waals surface area (Å²) in [6.07, 6.45) is 3.03. The number of para-hydroxylation sites is 1. The molecule has 1 N–H and O–H groups in total. The highest BCUT2D eigenvalue weighted by atomic mass is 16.5. The van der Waals surface area contributed by atoms with Crippen molar-refractivity contribution in [1.29, 1.82) is 0 Å². The molecule has 1 spiro atoms. The summed E-state index contributed by atoms with van der Waals surface area (Å²) in [6, 6.07) is 16.7. The number of carbonyl (C=O) groups is 3. The third-order valence-corrected chi connectivity index (χ3v) is 7.19. The maximum Gasteiger partial charge on any atom is 0.340 e. The second-order valence-electron chi connectivity index (χ2n) is 9.50. The van der Waals surface area contributed by atoms with Gasteiger partial charge in [-0.25, -0.2) is 14.6 Å². The number of imide groups is 1. The molecule has 2 aliphatic rings. The standard InChI is InChI=1S/C28H29N3O4/c1-3-35-25(32)24-22(17-31-26(33)28(30-27(31)34)15-13-18(2)14-16-28)29-21-12-8-7-11-20(21)23(24)19-9-5-4-6-10-19/h4-12,18H,3,13-17H2,1-2H3,(H,30,34). The highest BCUT2D eigenvalue weighted by Gasteiger charge is 2.52. The molecule has 0 radical (unpaired) electrons. The van der Waals surface area contributed by atoms with E-state index in [9.17, 15) is 14.4 Å². The molecule has 2 fully saturated rings. The van der Waals surface area contributed by atoms with Crippen molar-refractivity contribution < 1.29 is 19.1 Å². The van der Waals surface area contributed by atoms with Crippen LogP contribution in [0.5, 0.6) is 0 Å². The molecule has 35 heavy (non-hydrogen) atoms. The van der Waals surface area contributed by atoms with Crippen molar-refractivity contribution >= 4 is 28.8 Å². The summed E-state index contributed by atoms with van der Waals surface area (Å²) in [6.45, 7) is 4.02. The molecular formula is C28H29N3O4. The lowest BCUT2D eigenvalue weighted by molar-refractivity contribution is -0.133.